The molecule has 116 valence electrons. The maximum absolute atomic E-state index is 12.3. The van der Waals surface area contributed by atoms with Gasteiger partial charge in [-0.3, -0.25) is 4.79 Å². The Morgan fingerprint density at radius 2 is 2.18 bits per heavy atom. The van der Waals surface area contributed by atoms with Gasteiger partial charge in [-0.05, 0) is 31.9 Å². The lowest BCUT2D eigenvalue weighted by molar-refractivity contribution is 0.0449. The van der Waals surface area contributed by atoms with Crippen molar-refractivity contribution in [3.05, 3.63) is 40.9 Å². The van der Waals surface area contributed by atoms with Gasteiger partial charge in [0.1, 0.15) is 5.01 Å². The SMILES string of the molecule is Cc1csc(-c2cccc(C(=O)NCC3(O)CCCC3)c2)n1. The van der Waals surface area contributed by atoms with Crippen LogP contribution < -0.4 is 5.32 Å². The maximum Gasteiger partial charge on any atom is 0.251 e. The second-order valence-corrected chi connectivity index (χ2v) is 6.85. The lowest BCUT2D eigenvalue weighted by Gasteiger charge is -2.22. The van der Waals surface area contributed by atoms with E-state index in [0.717, 1.165) is 41.9 Å². The number of carbonyl (C=O) groups is 1. The fraction of sp³-hybridized carbons (Fsp3) is 0.412. The van der Waals surface area contributed by atoms with E-state index >= 15 is 0 Å². The number of benzene rings is 1. The summed E-state index contributed by atoms with van der Waals surface area (Å²) < 4.78 is 0. The van der Waals surface area contributed by atoms with Gasteiger partial charge in [-0.1, -0.05) is 25.0 Å². The minimum absolute atomic E-state index is 0.143. The van der Waals surface area contributed by atoms with Crippen molar-refractivity contribution in [1.29, 1.82) is 0 Å². The van der Waals surface area contributed by atoms with Gasteiger partial charge in [-0.25, -0.2) is 4.98 Å². The van der Waals surface area contributed by atoms with Gasteiger partial charge in [0.15, 0.2) is 0 Å². The van der Waals surface area contributed by atoms with E-state index in [9.17, 15) is 9.90 Å². The van der Waals surface area contributed by atoms with Gasteiger partial charge in [0.25, 0.3) is 5.91 Å². The molecule has 1 amide bonds. The summed E-state index contributed by atoms with van der Waals surface area (Å²) in [5.74, 6) is -0.143. The van der Waals surface area contributed by atoms with E-state index in [4.69, 9.17) is 0 Å². The van der Waals surface area contributed by atoms with Crippen LogP contribution in [0.4, 0.5) is 0 Å². The van der Waals surface area contributed by atoms with Gasteiger partial charge in [-0.2, -0.15) is 0 Å². The van der Waals surface area contributed by atoms with Crippen LogP contribution in [0.3, 0.4) is 0 Å². The predicted octanol–water partition coefficient (Wildman–Crippen LogP) is 3.15. The second kappa shape index (κ2) is 6.18. The Kier molecular flexibility index (Phi) is 4.27. The zero-order valence-corrected chi connectivity index (χ0v) is 13.4. The number of nitrogens with one attached hydrogen (secondary N) is 1. The van der Waals surface area contributed by atoms with Crippen LogP contribution in [-0.2, 0) is 0 Å². The Balaban J connectivity index is 1.70. The quantitative estimate of drug-likeness (QED) is 0.911. The van der Waals surface area contributed by atoms with E-state index in [1.807, 2.05) is 30.5 Å². The highest BCUT2D eigenvalue weighted by Gasteiger charge is 2.31. The molecule has 0 saturated heterocycles. The van der Waals surface area contributed by atoms with Gasteiger partial charge >= 0.3 is 0 Å². The summed E-state index contributed by atoms with van der Waals surface area (Å²) in [4.78, 5) is 16.7. The third kappa shape index (κ3) is 3.36. The van der Waals surface area contributed by atoms with E-state index in [1.165, 1.54) is 0 Å². The van der Waals surface area contributed by atoms with Crippen LogP contribution in [0.25, 0.3) is 10.6 Å². The number of thiazole rings is 1. The van der Waals surface area contributed by atoms with E-state index in [2.05, 4.69) is 10.3 Å². The van der Waals surface area contributed by atoms with Gasteiger partial charge in [0.05, 0.1) is 5.60 Å². The van der Waals surface area contributed by atoms with Crippen LogP contribution >= 0.6 is 11.3 Å². The molecule has 0 radical (unpaired) electrons. The Bertz CT molecular complexity index is 675. The van der Waals surface area contributed by atoms with Crippen molar-refractivity contribution in [1.82, 2.24) is 10.3 Å². The highest BCUT2D eigenvalue weighted by molar-refractivity contribution is 7.13. The first-order valence-corrected chi connectivity index (χ1v) is 8.47. The van der Waals surface area contributed by atoms with E-state index in [-0.39, 0.29) is 5.91 Å². The van der Waals surface area contributed by atoms with Gasteiger partial charge < -0.3 is 10.4 Å². The number of nitrogens with zero attached hydrogens (tertiary/aromatic N) is 1. The average Bonchev–Trinajstić information content (AvgIpc) is 3.14. The van der Waals surface area contributed by atoms with Crippen molar-refractivity contribution >= 4 is 17.2 Å². The summed E-state index contributed by atoms with van der Waals surface area (Å²) in [7, 11) is 0. The summed E-state index contributed by atoms with van der Waals surface area (Å²) in [6, 6.07) is 7.47. The summed E-state index contributed by atoms with van der Waals surface area (Å²) in [5.41, 5.74) is 1.82. The molecule has 2 N–H and O–H groups in total. The number of hydrogen-bond acceptors (Lipinski definition) is 4. The lowest BCUT2D eigenvalue weighted by Crippen LogP contribution is -2.40. The number of aryl methyl sites for hydroxylation is 1. The number of hydrogen-bond donors (Lipinski definition) is 2. The van der Waals surface area contributed by atoms with Crippen molar-refractivity contribution in [3.8, 4) is 10.6 Å². The smallest absolute Gasteiger partial charge is 0.251 e. The van der Waals surface area contributed by atoms with Crippen LogP contribution in [0.2, 0.25) is 0 Å². The molecule has 1 saturated carbocycles. The van der Waals surface area contributed by atoms with Gasteiger partial charge in [-0.15, -0.1) is 11.3 Å². The minimum Gasteiger partial charge on any atom is -0.388 e. The molecule has 0 unspecified atom stereocenters. The molecule has 1 heterocycles. The van der Waals surface area contributed by atoms with Crippen LogP contribution in [-0.4, -0.2) is 28.1 Å². The second-order valence-electron chi connectivity index (χ2n) is 5.99. The molecule has 5 heteroatoms. The fourth-order valence-corrected chi connectivity index (χ4v) is 3.63. The number of aromatic nitrogens is 1. The molecule has 1 aliphatic carbocycles. The fourth-order valence-electron chi connectivity index (χ4n) is 2.84. The van der Waals surface area contributed by atoms with E-state index in [1.54, 1.807) is 17.4 Å². The number of carbonyl (C=O) groups excluding carboxylic acids is 1. The molecule has 1 aliphatic rings. The molecule has 1 aromatic carbocycles. The standard InChI is InChI=1S/C17H20N2O2S/c1-12-10-22-16(19-12)14-6-4-5-13(9-14)15(20)18-11-17(21)7-2-3-8-17/h4-6,9-10,21H,2-3,7-8,11H2,1H3,(H,18,20). The molecule has 1 fully saturated rings. The van der Waals surface area contributed by atoms with Gasteiger partial charge in [0, 0.05) is 28.7 Å². The summed E-state index contributed by atoms with van der Waals surface area (Å²) >= 11 is 1.57. The van der Waals surface area contributed by atoms with Crippen molar-refractivity contribution in [2.75, 3.05) is 6.54 Å². The normalized spacial score (nSPS) is 16.6. The minimum atomic E-state index is -0.723. The number of amides is 1. The van der Waals surface area contributed by atoms with Crippen LogP contribution in [0, 0.1) is 6.92 Å². The summed E-state index contributed by atoms with van der Waals surface area (Å²) in [6.45, 7) is 2.28. The molecule has 0 aliphatic heterocycles. The number of aliphatic hydroxyl groups is 1. The molecule has 2 aromatic rings. The molecule has 1 aromatic heterocycles. The first kappa shape index (κ1) is 15.2. The molecular formula is C17H20N2O2S. The highest BCUT2D eigenvalue weighted by atomic mass is 32.1. The Hall–Kier alpha value is -1.72. The Morgan fingerprint density at radius 1 is 1.41 bits per heavy atom. The van der Waals surface area contributed by atoms with E-state index in [0.29, 0.717) is 12.1 Å². The van der Waals surface area contributed by atoms with Crippen LogP contribution in [0.5, 0.6) is 0 Å². The summed E-state index contributed by atoms with van der Waals surface area (Å²) in [5, 5.41) is 16.1. The molecule has 0 atom stereocenters. The molecule has 0 spiro atoms. The number of rotatable bonds is 4. The first-order valence-electron chi connectivity index (χ1n) is 7.59. The first-order chi connectivity index (χ1) is 10.6. The van der Waals surface area contributed by atoms with Crippen molar-refractivity contribution in [3.63, 3.8) is 0 Å². The lowest BCUT2D eigenvalue weighted by atomic mass is 10.0. The van der Waals surface area contributed by atoms with Crippen molar-refractivity contribution in [2.45, 2.75) is 38.2 Å². The zero-order valence-electron chi connectivity index (χ0n) is 12.6. The Labute approximate surface area is 134 Å². The highest BCUT2D eigenvalue weighted by Crippen LogP contribution is 2.29. The molecule has 22 heavy (non-hydrogen) atoms. The zero-order chi connectivity index (χ0) is 15.6. The molecule has 0 bridgehead atoms. The van der Waals surface area contributed by atoms with Crippen LogP contribution in [0.1, 0.15) is 41.7 Å². The average molecular weight is 316 g/mol. The monoisotopic (exact) mass is 316 g/mol. The maximum atomic E-state index is 12.3. The third-order valence-electron chi connectivity index (χ3n) is 4.10. The summed E-state index contributed by atoms with van der Waals surface area (Å²) in [6.07, 6.45) is 3.61. The third-order valence-corrected chi connectivity index (χ3v) is 5.11. The van der Waals surface area contributed by atoms with E-state index < -0.39 is 5.60 Å². The van der Waals surface area contributed by atoms with Crippen LogP contribution in [0.15, 0.2) is 29.6 Å². The topological polar surface area (TPSA) is 62.2 Å². The molecular weight excluding hydrogens is 296 g/mol. The van der Waals surface area contributed by atoms with Crippen molar-refractivity contribution in [2.24, 2.45) is 0 Å². The molecule has 4 nitrogen and oxygen atoms in total. The van der Waals surface area contributed by atoms with Crippen molar-refractivity contribution < 1.29 is 9.90 Å². The van der Waals surface area contributed by atoms with Gasteiger partial charge in [0.2, 0.25) is 0 Å². The predicted molar refractivity (Wildman–Crippen MR) is 88.0 cm³/mol. The Morgan fingerprint density at radius 3 is 2.86 bits per heavy atom. The largest absolute Gasteiger partial charge is 0.388 e. The molecule has 3 rings (SSSR count).